The number of hydrogen-bond acceptors (Lipinski definition) is 3. The van der Waals surface area contributed by atoms with E-state index in [4.69, 9.17) is 9.84 Å². The minimum Gasteiger partial charge on any atom is -0.481 e. The lowest BCUT2D eigenvalue weighted by Gasteiger charge is -2.18. The quantitative estimate of drug-likeness (QED) is 0.639. The smallest absolute Gasteiger partial charge is 0.419 e. The molecule has 0 spiro atoms. The highest BCUT2D eigenvalue weighted by molar-refractivity contribution is 5.94. The third kappa shape index (κ3) is 6.27. The number of ether oxygens (including phenoxy) is 1. The van der Waals surface area contributed by atoms with Crippen LogP contribution in [0.5, 0.6) is 5.75 Å². The van der Waals surface area contributed by atoms with E-state index in [1.165, 1.54) is 19.1 Å². The van der Waals surface area contributed by atoms with E-state index in [1.54, 1.807) is 31.2 Å². The molecule has 2 aromatic carbocycles. The van der Waals surface area contributed by atoms with Crippen LogP contribution in [-0.4, -0.2) is 23.1 Å². The Morgan fingerprint density at radius 2 is 1.77 bits per heavy atom. The molecule has 0 saturated carbocycles. The normalized spacial score (nSPS) is 12.8. The van der Waals surface area contributed by atoms with Crippen molar-refractivity contribution in [3.63, 3.8) is 0 Å². The Hall–Kier alpha value is -3.47. The first kappa shape index (κ1) is 22.8. The molecule has 2 aromatic rings. The predicted octanol–water partition coefficient (Wildman–Crippen LogP) is 4.69. The molecule has 2 unspecified atom stereocenters. The number of rotatable bonds is 7. The highest BCUT2D eigenvalue weighted by Gasteiger charge is 2.34. The van der Waals surface area contributed by atoms with Crippen molar-refractivity contribution in [2.45, 2.75) is 38.5 Å². The molecule has 8 heteroatoms. The second-order valence-electron chi connectivity index (χ2n) is 6.41. The number of carbonyl (C=O) groups is 2. The molecule has 0 aliphatic carbocycles. The van der Waals surface area contributed by atoms with Crippen LogP contribution in [0.25, 0.3) is 0 Å². The van der Waals surface area contributed by atoms with Gasteiger partial charge in [-0.2, -0.15) is 13.2 Å². The molecule has 0 radical (unpaired) electrons. The Bertz CT molecular complexity index is 959. The fourth-order valence-corrected chi connectivity index (χ4v) is 2.69. The Morgan fingerprint density at radius 1 is 1.13 bits per heavy atom. The van der Waals surface area contributed by atoms with Crippen LogP contribution in [0, 0.1) is 11.8 Å². The highest BCUT2D eigenvalue weighted by atomic mass is 19.4. The van der Waals surface area contributed by atoms with Crippen molar-refractivity contribution in [2.75, 3.05) is 5.32 Å². The molecule has 0 aliphatic heterocycles. The summed E-state index contributed by atoms with van der Waals surface area (Å²) >= 11 is 0. The molecule has 0 aromatic heterocycles. The molecule has 0 fully saturated rings. The van der Waals surface area contributed by atoms with Crippen LogP contribution < -0.4 is 10.1 Å². The van der Waals surface area contributed by atoms with Crippen molar-refractivity contribution >= 4 is 17.6 Å². The van der Waals surface area contributed by atoms with E-state index < -0.39 is 41.4 Å². The number of benzene rings is 2. The second-order valence-corrected chi connectivity index (χ2v) is 6.41. The van der Waals surface area contributed by atoms with E-state index in [0.29, 0.717) is 11.3 Å². The Kier molecular flexibility index (Phi) is 7.48. The van der Waals surface area contributed by atoms with E-state index in [2.05, 4.69) is 17.2 Å². The minimum atomic E-state index is -4.60. The van der Waals surface area contributed by atoms with Gasteiger partial charge in [0, 0.05) is 5.69 Å². The number of carboxylic acids is 1. The van der Waals surface area contributed by atoms with E-state index in [-0.39, 0.29) is 6.42 Å². The summed E-state index contributed by atoms with van der Waals surface area (Å²) in [5, 5.41) is 11.5. The first-order chi connectivity index (χ1) is 14.1. The zero-order valence-electron chi connectivity index (χ0n) is 16.3. The van der Waals surface area contributed by atoms with Crippen molar-refractivity contribution in [2.24, 2.45) is 0 Å². The van der Waals surface area contributed by atoms with Crippen LogP contribution in [0.1, 0.15) is 37.3 Å². The molecule has 30 heavy (non-hydrogen) atoms. The minimum absolute atomic E-state index is 0.157. The summed E-state index contributed by atoms with van der Waals surface area (Å²) in [7, 11) is 0. The molecule has 158 valence electrons. The van der Waals surface area contributed by atoms with Gasteiger partial charge < -0.3 is 15.2 Å². The number of anilines is 1. The van der Waals surface area contributed by atoms with Crippen molar-refractivity contribution in [1.29, 1.82) is 0 Å². The number of halogens is 3. The number of alkyl halides is 3. The third-order valence-electron chi connectivity index (χ3n) is 4.14. The average Bonchev–Trinajstić information content (AvgIpc) is 2.67. The lowest BCUT2D eigenvalue weighted by molar-refractivity contribution is -0.140. The lowest BCUT2D eigenvalue weighted by Crippen LogP contribution is -2.30. The topological polar surface area (TPSA) is 75.6 Å². The molecular formula is C22H20F3NO4. The molecule has 2 atom stereocenters. The molecule has 5 nitrogen and oxygen atoms in total. The molecule has 2 N–H and O–H groups in total. The maximum Gasteiger partial charge on any atom is 0.419 e. The molecule has 1 amide bonds. The fourth-order valence-electron chi connectivity index (χ4n) is 2.69. The summed E-state index contributed by atoms with van der Waals surface area (Å²) in [4.78, 5) is 23.3. The van der Waals surface area contributed by atoms with Gasteiger partial charge in [0.1, 0.15) is 5.75 Å². The summed E-state index contributed by atoms with van der Waals surface area (Å²) < 4.78 is 44.4. The van der Waals surface area contributed by atoms with Crippen molar-refractivity contribution in [3.05, 3.63) is 59.7 Å². The molecular weight excluding hydrogens is 399 g/mol. The van der Waals surface area contributed by atoms with Gasteiger partial charge in [0.2, 0.25) is 0 Å². The van der Waals surface area contributed by atoms with Gasteiger partial charge in [0.15, 0.2) is 6.10 Å². The molecule has 0 bridgehead atoms. The number of hydrogen-bond donors (Lipinski definition) is 2. The SMILES string of the molecule is CC#CC(CC(=O)O)c1ccc(NC(=O)C(C)Oc2ccccc2C(F)(F)F)cc1. The molecule has 0 saturated heterocycles. The van der Waals surface area contributed by atoms with E-state index in [1.807, 2.05) is 0 Å². The largest absolute Gasteiger partial charge is 0.481 e. The van der Waals surface area contributed by atoms with E-state index >= 15 is 0 Å². The van der Waals surface area contributed by atoms with Gasteiger partial charge in [-0.25, -0.2) is 0 Å². The maximum atomic E-state index is 13.1. The summed E-state index contributed by atoms with van der Waals surface area (Å²) in [5.74, 6) is 2.98. The number of carbonyl (C=O) groups excluding carboxylic acids is 1. The zero-order chi connectivity index (χ0) is 22.3. The van der Waals surface area contributed by atoms with Crippen molar-refractivity contribution < 1.29 is 32.6 Å². The number of aliphatic carboxylic acids is 1. The number of carboxylic acid groups (broad SMARTS) is 1. The Labute approximate surface area is 171 Å². The van der Waals surface area contributed by atoms with Gasteiger partial charge >= 0.3 is 12.1 Å². The van der Waals surface area contributed by atoms with Gasteiger partial charge in [0.25, 0.3) is 5.91 Å². The monoisotopic (exact) mass is 419 g/mol. The van der Waals surface area contributed by atoms with Crippen LogP contribution in [0.15, 0.2) is 48.5 Å². The van der Waals surface area contributed by atoms with E-state index in [0.717, 1.165) is 12.1 Å². The second kappa shape index (κ2) is 9.83. The summed E-state index contributed by atoms with van der Waals surface area (Å²) in [6.45, 7) is 2.96. The highest BCUT2D eigenvalue weighted by Crippen LogP contribution is 2.36. The summed E-state index contributed by atoms with van der Waals surface area (Å²) in [6, 6.07) is 11.1. The van der Waals surface area contributed by atoms with Gasteiger partial charge in [-0.15, -0.1) is 5.92 Å². The van der Waals surface area contributed by atoms with Crippen LogP contribution in [0.2, 0.25) is 0 Å². The number of nitrogens with one attached hydrogen (secondary N) is 1. The molecule has 0 aliphatic rings. The number of amides is 1. The molecule has 2 rings (SSSR count). The van der Waals surface area contributed by atoms with Crippen LogP contribution in [0.3, 0.4) is 0 Å². The molecule has 0 heterocycles. The standard InChI is InChI=1S/C22H20F3NO4/c1-3-6-16(13-20(27)28)15-9-11-17(12-10-15)26-21(29)14(2)30-19-8-5-4-7-18(19)22(23,24)25/h4-5,7-12,14,16H,13H2,1-2H3,(H,26,29)(H,27,28). The van der Waals surface area contributed by atoms with Crippen LogP contribution in [-0.2, 0) is 15.8 Å². The predicted molar refractivity (Wildman–Crippen MR) is 105 cm³/mol. The van der Waals surface area contributed by atoms with Gasteiger partial charge in [-0.05, 0) is 43.7 Å². The average molecular weight is 419 g/mol. The van der Waals surface area contributed by atoms with Gasteiger partial charge in [0.05, 0.1) is 17.9 Å². The van der Waals surface area contributed by atoms with Crippen LogP contribution >= 0.6 is 0 Å². The van der Waals surface area contributed by atoms with Crippen LogP contribution in [0.4, 0.5) is 18.9 Å². The van der Waals surface area contributed by atoms with Gasteiger partial charge in [-0.1, -0.05) is 30.2 Å². The Balaban J connectivity index is 2.07. The maximum absolute atomic E-state index is 13.1. The first-order valence-corrected chi connectivity index (χ1v) is 8.99. The first-order valence-electron chi connectivity index (χ1n) is 8.99. The van der Waals surface area contributed by atoms with Crippen molar-refractivity contribution in [1.82, 2.24) is 0 Å². The number of para-hydroxylation sites is 1. The lowest BCUT2D eigenvalue weighted by atomic mass is 9.96. The third-order valence-corrected chi connectivity index (χ3v) is 4.14. The van der Waals surface area contributed by atoms with Gasteiger partial charge in [-0.3, -0.25) is 9.59 Å². The summed E-state index contributed by atoms with van der Waals surface area (Å²) in [5.41, 5.74) is 0.102. The summed E-state index contributed by atoms with van der Waals surface area (Å²) in [6.07, 6.45) is -5.94. The van der Waals surface area contributed by atoms with Crippen molar-refractivity contribution in [3.8, 4) is 17.6 Å². The zero-order valence-corrected chi connectivity index (χ0v) is 16.3. The fraction of sp³-hybridized carbons (Fsp3) is 0.273. The Morgan fingerprint density at radius 3 is 2.33 bits per heavy atom. The van der Waals surface area contributed by atoms with E-state index in [9.17, 15) is 22.8 Å².